The van der Waals surface area contributed by atoms with Gasteiger partial charge in [0.15, 0.2) is 0 Å². The van der Waals surface area contributed by atoms with Crippen LogP contribution in [0.1, 0.15) is 26.3 Å². The van der Waals surface area contributed by atoms with E-state index in [4.69, 9.17) is 0 Å². The topological polar surface area (TPSA) is 121 Å². The van der Waals surface area contributed by atoms with Crippen molar-refractivity contribution in [3.05, 3.63) is 45.1 Å². The van der Waals surface area contributed by atoms with Gasteiger partial charge in [-0.25, -0.2) is 14.2 Å². The Morgan fingerprint density at radius 2 is 1.93 bits per heavy atom. The number of hydrogen-bond acceptors (Lipinski definition) is 5. The number of nitrogens with one attached hydrogen (secondary N) is 2. The van der Waals surface area contributed by atoms with E-state index in [-0.39, 0.29) is 17.7 Å². The Balaban J connectivity index is 2.52. The van der Waals surface area contributed by atoms with Gasteiger partial charge in [-0.05, 0) is 36.5 Å². The van der Waals surface area contributed by atoms with Crippen molar-refractivity contribution in [1.82, 2.24) is 14.9 Å². The molecule has 146 valence electrons. The van der Waals surface area contributed by atoms with Gasteiger partial charge in [0.1, 0.15) is 12.1 Å². The quantitative estimate of drug-likeness (QED) is 0.620. The highest BCUT2D eigenvalue weighted by Gasteiger charge is 2.30. The number of nitrogens with zero attached hydrogens (tertiary/aromatic N) is 1. The van der Waals surface area contributed by atoms with E-state index in [2.05, 4.69) is 10.3 Å². The van der Waals surface area contributed by atoms with E-state index in [1.165, 1.54) is 11.8 Å². The molecule has 0 fully saturated rings. The number of carbonyl (C=O) groups is 2. The van der Waals surface area contributed by atoms with Gasteiger partial charge in [-0.2, -0.15) is 11.8 Å². The minimum atomic E-state index is -1.17. The van der Waals surface area contributed by atoms with Crippen LogP contribution in [0.15, 0.2) is 33.9 Å². The first kappa shape index (κ1) is 20.8. The third-order valence-corrected chi connectivity index (χ3v) is 4.92. The summed E-state index contributed by atoms with van der Waals surface area (Å²) in [5.74, 6) is -1.65. The van der Waals surface area contributed by atoms with Gasteiger partial charge in [-0.15, -0.1) is 0 Å². The van der Waals surface area contributed by atoms with E-state index in [0.29, 0.717) is 11.3 Å². The van der Waals surface area contributed by atoms with Gasteiger partial charge in [0.05, 0.1) is 10.9 Å². The Bertz CT molecular complexity index is 950. The van der Waals surface area contributed by atoms with E-state index in [0.717, 1.165) is 4.57 Å². The van der Waals surface area contributed by atoms with Gasteiger partial charge in [-0.3, -0.25) is 9.59 Å². The van der Waals surface area contributed by atoms with Crippen LogP contribution in [0.3, 0.4) is 0 Å². The highest BCUT2D eigenvalue weighted by molar-refractivity contribution is 7.98. The average Bonchev–Trinajstić information content (AvgIpc) is 2.61. The minimum absolute atomic E-state index is 0.221. The highest BCUT2D eigenvalue weighted by atomic mass is 32.2. The van der Waals surface area contributed by atoms with Crippen molar-refractivity contribution in [3.63, 3.8) is 0 Å². The number of rotatable bonds is 8. The zero-order chi connectivity index (χ0) is 20.1. The lowest BCUT2D eigenvalue weighted by Crippen LogP contribution is -2.50. The number of amides is 1. The summed E-state index contributed by atoms with van der Waals surface area (Å²) < 4.78 is 0.882. The number of para-hydroxylation sites is 1. The van der Waals surface area contributed by atoms with Crippen LogP contribution in [0.4, 0.5) is 0 Å². The molecule has 0 aliphatic heterocycles. The molecule has 0 aliphatic carbocycles. The molecule has 0 saturated carbocycles. The molecule has 1 aromatic carbocycles. The molecule has 0 radical (unpaired) electrons. The summed E-state index contributed by atoms with van der Waals surface area (Å²) in [4.78, 5) is 52.2. The number of aromatic nitrogens is 2. The first-order chi connectivity index (χ1) is 12.8. The van der Waals surface area contributed by atoms with Gasteiger partial charge in [0, 0.05) is 0 Å². The number of carboxylic acid groups (broad SMARTS) is 1. The number of thioether (sulfide) groups is 1. The van der Waals surface area contributed by atoms with Crippen LogP contribution in [0.2, 0.25) is 0 Å². The standard InChI is InChI=1S/C18H23N3O5S/c1-10(2)14(17(24)25)20-15(22)13(8-9-27-3)21-16(23)11-6-4-5-7-12(11)19-18(21)26/h4-7,10,13-14H,8-9H2,1-3H3,(H,19,26)(H,20,22)(H,24,25). The molecule has 1 amide bonds. The number of fused-ring (bicyclic) bond motifs is 1. The normalized spacial score (nSPS) is 13.5. The van der Waals surface area contributed by atoms with E-state index < -0.39 is 35.2 Å². The fourth-order valence-corrected chi connectivity index (χ4v) is 3.29. The third kappa shape index (κ3) is 4.60. The number of benzene rings is 1. The summed E-state index contributed by atoms with van der Waals surface area (Å²) in [7, 11) is 0. The summed E-state index contributed by atoms with van der Waals surface area (Å²) in [6.45, 7) is 3.34. The summed E-state index contributed by atoms with van der Waals surface area (Å²) in [5.41, 5.74) is -0.887. The fraction of sp³-hybridized carbons (Fsp3) is 0.444. The van der Waals surface area contributed by atoms with Crippen molar-refractivity contribution >= 4 is 34.5 Å². The molecule has 2 unspecified atom stereocenters. The summed E-state index contributed by atoms with van der Waals surface area (Å²) >= 11 is 1.46. The molecular weight excluding hydrogens is 370 g/mol. The Labute approximate surface area is 160 Å². The molecule has 3 N–H and O–H groups in total. The number of aromatic amines is 1. The number of H-pyrrole nitrogens is 1. The smallest absolute Gasteiger partial charge is 0.329 e. The van der Waals surface area contributed by atoms with Crippen LogP contribution < -0.4 is 16.6 Å². The lowest BCUT2D eigenvalue weighted by molar-refractivity contribution is -0.143. The van der Waals surface area contributed by atoms with Gasteiger partial charge < -0.3 is 15.4 Å². The van der Waals surface area contributed by atoms with E-state index >= 15 is 0 Å². The molecule has 0 aliphatic rings. The van der Waals surface area contributed by atoms with Gasteiger partial charge >= 0.3 is 11.7 Å². The molecule has 0 saturated heterocycles. The maximum absolute atomic E-state index is 12.9. The van der Waals surface area contributed by atoms with Crippen LogP contribution in [0, 0.1) is 5.92 Å². The molecule has 1 aromatic heterocycles. The first-order valence-corrected chi connectivity index (χ1v) is 9.93. The van der Waals surface area contributed by atoms with E-state index in [9.17, 15) is 24.3 Å². The summed E-state index contributed by atoms with van der Waals surface area (Å²) in [5, 5.41) is 12.1. The predicted octanol–water partition coefficient (Wildman–Crippen LogP) is 1.21. The molecular formula is C18H23N3O5S. The molecule has 2 aromatic rings. The van der Waals surface area contributed by atoms with Gasteiger partial charge in [0.25, 0.3) is 5.56 Å². The Morgan fingerprint density at radius 1 is 1.26 bits per heavy atom. The van der Waals surface area contributed by atoms with Crippen molar-refractivity contribution in [3.8, 4) is 0 Å². The molecule has 8 nitrogen and oxygen atoms in total. The molecule has 2 rings (SSSR count). The maximum atomic E-state index is 12.9. The van der Waals surface area contributed by atoms with Crippen molar-refractivity contribution in [2.24, 2.45) is 5.92 Å². The second-order valence-electron chi connectivity index (χ2n) is 6.52. The second-order valence-corrected chi connectivity index (χ2v) is 7.50. The average molecular weight is 393 g/mol. The predicted molar refractivity (Wildman–Crippen MR) is 105 cm³/mol. The van der Waals surface area contributed by atoms with Crippen molar-refractivity contribution in [2.75, 3.05) is 12.0 Å². The molecule has 1 heterocycles. The van der Waals surface area contributed by atoms with Gasteiger partial charge in [-0.1, -0.05) is 26.0 Å². The largest absolute Gasteiger partial charge is 0.480 e. The Kier molecular flexibility index (Phi) is 6.84. The minimum Gasteiger partial charge on any atom is -0.480 e. The monoisotopic (exact) mass is 393 g/mol. The molecule has 27 heavy (non-hydrogen) atoms. The number of hydrogen-bond donors (Lipinski definition) is 3. The summed E-state index contributed by atoms with van der Waals surface area (Å²) in [6.07, 6.45) is 2.06. The number of carboxylic acids is 1. The molecule has 9 heteroatoms. The zero-order valence-corrected chi connectivity index (χ0v) is 16.2. The molecule has 0 bridgehead atoms. The fourth-order valence-electron chi connectivity index (χ4n) is 2.83. The second kappa shape index (κ2) is 8.90. The van der Waals surface area contributed by atoms with Crippen LogP contribution in [0.25, 0.3) is 10.9 Å². The Morgan fingerprint density at radius 3 is 2.52 bits per heavy atom. The van der Waals surface area contributed by atoms with Crippen molar-refractivity contribution < 1.29 is 14.7 Å². The Hall–Kier alpha value is -2.55. The van der Waals surface area contributed by atoms with Crippen LogP contribution >= 0.6 is 11.8 Å². The maximum Gasteiger partial charge on any atom is 0.329 e. The van der Waals surface area contributed by atoms with Crippen LogP contribution in [0.5, 0.6) is 0 Å². The number of carbonyl (C=O) groups excluding carboxylic acids is 1. The lowest BCUT2D eigenvalue weighted by atomic mass is 10.0. The summed E-state index contributed by atoms with van der Waals surface area (Å²) in [6, 6.07) is 4.34. The van der Waals surface area contributed by atoms with E-state index in [1.807, 2.05) is 6.26 Å². The van der Waals surface area contributed by atoms with E-state index in [1.54, 1.807) is 38.1 Å². The lowest BCUT2D eigenvalue weighted by Gasteiger charge is -2.23. The zero-order valence-electron chi connectivity index (χ0n) is 15.4. The van der Waals surface area contributed by atoms with Gasteiger partial charge in [0.2, 0.25) is 5.91 Å². The SMILES string of the molecule is CSCCC(C(=O)NC(C(=O)O)C(C)C)n1c(=O)[nH]c2ccccc2c1=O. The highest BCUT2D eigenvalue weighted by Crippen LogP contribution is 2.14. The molecule has 2 atom stereocenters. The van der Waals surface area contributed by atoms with Crippen molar-refractivity contribution in [2.45, 2.75) is 32.4 Å². The molecule has 0 spiro atoms. The van der Waals surface area contributed by atoms with Crippen LogP contribution in [-0.2, 0) is 9.59 Å². The number of aliphatic carboxylic acids is 1. The first-order valence-electron chi connectivity index (χ1n) is 8.53. The third-order valence-electron chi connectivity index (χ3n) is 4.28. The van der Waals surface area contributed by atoms with Crippen molar-refractivity contribution in [1.29, 1.82) is 0 Å². The van der Waals surface area contributed by atoms with Crippen LogP contribution in [-0.4, -0.2) is 44.6 Å².